The Bertz CT molecular complexity index is 372. The highest BCUT2D eigenvalue weighted by molar-refractivity contribution is 5.34. The van der Waals surface area contributed by atoms with Crippen LogP contribution in [0.15, 0.2) is 18.2 Å². The van der Waals surface area contributed by atoms with Gasteiger partial charge >= 0.3 is 0 Å². The first-order valence-corrected chi connectivity index (χ1v) is 5.94. The van der Waals surface area contributed by atoms with E-state index in [1.165, 1.54) is 16.7 Å². The summed E-state index contributed by atoms with van der Waals surface area (Å²) >= 11 is 0. The molecule has 1 saturated heterocycles. The monoisotopic (exact) mass is 219 g/mol. The highest BCUT2D eigenvalue weighted by atomic mass is 16.5. The molecular formula is C13H17NO2. The lowest BCUT2D eigenvalue weighted by Gasteiger charge is -2.26. The van der Waals surface area contributed by atoms with Crippen LogP contribution in [0.5, 0.6) is 0 Å². The molecule has 1 unspecified atom stereocenters. The molecule has 3 rings (SSSR count). The number of rotatable bonds is 1. The Hall–Kier alpha value is -0.900. The van der Waals surface area contributed by atoms with Crippen molar-refractivity contribution in [3.63, 3.8) is 0 Å². The van der Waals surface area contributed by atoms with Gasteiger partial charge in [0.15, 0.2) is 0 Å². The van der Waals surface area contributed by atoms with E-state index in [1.54, 1.807) is 0 Å². The topological polar surface area (TPSA) is 30.5 Å². The largest absolute Gasteiger partial charge is 0.378 e. The first kappa shape index (κ1) is 10.3. The van der Waals surface area contributed by atoms with E-state index in [0.717, 1.165) is 39.4 Å². The molecule has 1 aromatic carbocycles. The van der Waals surface area contributed by atoms with Crippen LogP contribution in [0.2, 0.25) is 0 Å². The predicted molar refractivity (Wildman–Crippen MR) is 61.4 cm³/mol. The van der Waals surface area contributed by atoms with Crippen LogP contribution in [0.4, 0.5) is 0 Å². The maximum absolute atomic E-state index is 5.49. The van der Waals surface area contributed by atoms with Gasteiger partial charge in [-0.15, -0.1) is 0 Å². The van der Waals surface area contributed by atoms with Crippen LogP contribution in [0.25, 0.3) is 0 Å². The second kappa shape index (κ2) is 4.53. The van der Waals surface area contributed by atoms with E-state index < -0.39 is 0 Å². The van der Waals surface area contributed by atoms with Crippen molar-refractivity contribution < 1.29 is 9.47 Å². The third kappa shape index (κ3) is 1.98. The standard InChI is InChI=1S/C13H17NO2/c1-2-12-8-15-5-3-10(12)7-11(1)13-9-16-6-4-14-13/h1-2,7,13-14H,3-6,8-9H2. The molecule has 16 heavy (non-hydrogen) atoms. The van der Waals surface area contributed by atoms with Gasteiger partial charge in [0, 0.05) is 6.54 Å². The Balaban J connectivity index is 1.84. The molecule has 0 saturated carbocycles. The maximum Gasteiger partial charge on any atom is 0.0719 e. The lowest BCUT2D eigenvalue weighted by atomic mass is 9.97. The molecule has 0 amide bonds. The summed E-state index contributed by atoms with van der Waals surface area (Å²) < 4.78 is 10.9. The summed E-state index contributed by atoms with van der Waals surface area (Å²) in [5.41, 5.74) is 4.13. The van der Waals surface area contributed by atoms with Crippen molar-refractivity contribution in [3.8, 4) is 0 Å². The first-order valence-electron chi connectivity index (χ1n) is 5.94. The molecule has 2 aliphatic heterocycles. The average molecular weight is 219 g/mol. The van der Waals surface area contributed by atoms with Gasteiger partial charge in [0.05, 0.1) is 32.5 Å². The van der Waals surface area contributed by atoms with Crippen molar-refractivity contribution in [3.05, 3.63) is 34.9 Å². The summed E-state index contributed by atoms with van der Waals surface area (Å²) in [6.07, 6.45) is 1.04. The van der Waals surface area contributed by atoms with E-state index in [1.807, 2.05) is 0 Å². The summed E-state index contributed by atoms with van der Waals surface area (Å²) in [4.78, 5) is 0. The first-order chi connectivity index (χ1) is 7.93. The minimum atomic E-state index is 0.363. The van der Waals surface area contributed by atoms with Gasteiger partial charge in [-0.3, -0.25) is 0 Å². The van der Waals surface area contributed by atoms with Gasteiger partial charge in [0.25, 0.3) is 0 Å². The highest BCUT2D eigenvalue weighted by Gasteiger charge is 2.17. The summed E-state index contributed by atoms with van der Waals surface area (Å²) in [7, 11) is 0. The van der Waals surface area contributed by atoms with Gasteiger partial charge in [-0.1, -0.05) is 18.2 Å². The SMILES string of the molecule is c1cc2c(cc1C1COCCN1)CCOC2. The molecule has 3 heteroatoms. The molecule has 0 aromatic heterocycles. The molecule has 0 spiro atoms. The molecule has 2 aliphatic rings. The smallest absolute Gasteiger partial charge is 0.0719 e. The van der Waals surface area contributed by atoms with Crippen LogP contribution < -0.4 is 5.32 Å². The van der Waals surface area contributed by atoms with Gasteiger partial charge in [-0.25, -0.2) is 0 Å². The van der Waals surface area contributed by atoms with E-state index in [2.05, 4.69) is 23.5 Å². The summed E-state index contributed by atoms with van der Waals surface area (Å²) in [5, 5.41) is 3.49. The lowest BCUT2D eigenvalue weighted by molar-refractivity contribution is 0.0766. The van der Waals surface area contributed by atoms with Gasteiger partial charge in [-0.05, 0) is 23.1 Å². The zero-order chi connectivity index (χ0) is 10.8. The summed E-state index contributed by atoms with van der Waals surface area (Å²) in [6, 6.07) is 7.06. The number of hydrogen-bond acceptors (Lipinski definition) is 3. The van der Waals surface area contributed by atoms with E-state index >= 15 is 0 Å². The van der Waals surface area contributed by atoms with Crippen molar-refractivity contribution in [2.24, 2.45) is 0 Å². The van der Waals surface area contributed by atoms with Crippen molar-refractivity contribution in [2.45, 2.75) is 19.1 Å². The second-order valence-electron chi connectivity index (χ2n) is 4.41. The van der Waals surface area contributed by atoms with Crippen molar-refractivity contribution >= 4 is 0 Å². The molecule has 2 heterocycles. The number of benzene rings is 1. The minimum Gasteiger partial charge on any atom is -0.378 e. The molecule has 1 atom stereocenters. The summed E-state index contributed by atoms with van der Waals surface area (Å²) in [6.45, 7) is 4.19. The number of fused-ring (bicyclic) bond motifs is 1. The van der Waals surface area contributed by atoms with E-state index in [-0.39, 0.29) is 0 Å². The van der Waals surface area contributed by atoms with Crippen LogP contribution in [0.3, 0.4) is 0 Å². The molecule has 86 valence electrons. The van der Waals surface area contributed by atoms with Crippen molar-refractivity contribution in [1.29, 1.82) is 0 Å². The quantitative estimate of drug-likeness (QED) is 0.775. The summed E-state index contributed by atoms with van der Waals surface area (Å²) in [5.74, 6) is 0. The molecule has 1 aromatic rings. The Labute approximate surface area is 95.8 Å². The third-order valence-corrected chi connectivity index (χ3v) is 3.33. The molecule has 0 bridgehead atoms. The van der Waals surface area contributed by atoms with Crippen molar-refractivity contribution in [2.75, 3.05) is 26.4 Å². The Kier molecular flexibility index (Phi) is 2.91. The molecule has 0 radical (unpaired) electrons. The molecule has 1 fully saturated rings. The fourth-order valence-corrected chi connectivity index (χ4v) is 2.38. The Morgan fingerprint density at radius 2 is 2.12 bits per heavy atom. The maximum atomic E-state index is 5.49. The van der Waals surface area contributed by atoms with Crippen LogP contribution in [-0.2, 0) is 22.5 Å². The van der Waals surface area contributed by atoms with Gasteiger partial charge in [-0.2, -0.15) is 0 Å². The Morgan fingerprint density at radius 1 is 1.12 bits per heavy atom. The normalized spacial score (nSPS) is 25.1. The lowest BCUT2D eigenvalue weighted by Crippen LogP contribution is -2.34. The van der Waals surface area contributed by atoms with Crippen LogP contribution >= 0.6 is 0 Å². The number of morpholine rings is 1. The minimum absolute atomic E-state index is 0.363. The van der Waals surface area contributed by atoms with Crippen LogP contribution in [-0.4, -0.2) is 26.4 Å². The van der Waals surface area contributed by atoms with Crippen LogP contribution in [0.1, 0.15) is 22.7 Å². The van der Waals surface area contributed by atoms with Crippen molar-refractivity contribution in [1.82, 2.24) is 5.32 Å². The third-order valence-electron chi connectivity index (χ3n) is 3.33. The zero-order valence-electron chi connectivity index (χ0n) is 9.37. The molecule has 3 nitrogen and oxygen atoms in total. The van der Waals surface area contributed by atoms with Crippen LogP contribution in [0, 0.1) is 0 Å². The second-order valence-corrected chi connectivity index (χ2v) is 4.41. The Morgan fingerprint density at radius 3 is 3.00 bits per heavy atom. The predicted octanol–water partition coefficient (Wildman–Crippen LogP) is 1.42. The fourth-order valence-electron chi connectivity index (χ4n) is 2.38. The average Bonchev–Trinajstić information content (AvgIpc) is 2.39. The van der Waals surface area contributed by atoms with Gasteiger partial charge < -0.3 is 14.8 Å². The number of hydrogen-bond donors (Lipinski definition) is 1. The molecule has 0 aliphatic carbocycles. The van der Waals surface area contributed by atoms with Gasteiger partial charge in [0.2, 0.25) is 0 Å². The van der Waals surface area contributed by atoms with Gasteiger partial charge in [0.1, 0.15) is 0 Å². The zero-order valence-corrected chi connectivity index (χ0v) is 9.37. The van der Waals surface area contributed by atoms with E-state index in [0.29, 0.717) is 6.04 Å². The van der Waals surface area contributed by atoms with E-state index in [9.17, 15) is 0 Å². The fraction of sp³-hybridized carbons (Fsp3) is 0.538. The number of ether oxygens (including phenoxy) is 2. The highest BCUT2D eigenvalue weighted by Crippen LogP contribution is 2.23. The molecule has 1 N–H and O–H groups in total. The van der Waals surface area contributed by atoms with E-state index in [4.69, 9.17) is 9.47 Å². The number of nitrogens with one attached hydrogen (secondary N) is 1. The molecular weight excluding hydrogens is 202 g/mol.